The number of thioether (sulfide) groups is 1. The van der Waals surface area contributed by atoms with Crippen LogP contribution in [0.25, 0.3) is 0 Å². The van der Waals surface area contributed by atoms with Crippen LogP contribution in [0, 0.1) is 5.92 Å². The summed E-state index contributed by atoms with van der Waals surface area (Å²) in [6.45, 7) is 7.68. The lowest BCUT2D eigenvalue weighted by Crippen LogP contribution is -2.49. The summed E-state index contributed by atoms with van der Waals surface area (Å²) in [5, 5.41) is 8.39. The van der Waals surface area contributed by atoms with Crippen LogP contribution in [0.1, 0.15) is 19.4 Å². The number of hydrogen-bond donors (Lipinski definition) is 1. The maximum Gasteiger partial charge on any atom is 0.193 e. The molecule has 1 aromatic heterocycles. The maximum absolute atomic E-state index is 4.44. The van der Waals surface area contributed by atoms with E-state index in [0.29, 0.717) is 11.2 Å². The smallest absolute Gasteiger partial charge is 0.193 e. The number of hydrogen-bond acceptors (Lipinski definition) is 3. The molecule has 0 radical (unpaired) electrons. The Hall–Kier alpha value is -1.17. The molecule has 1 aliphatic rings. The van der Waals surface area contributed by atoms with Gasteiger partial charge in [0.1, 0.15) is 0 Å². The fourth-order valence-corrected chi connectivity index (χ4v) is 3.82. The average Bonchev–Trinajstić information content (AvgIpc) is 2.89. The molecule has 0 amide bonds. The molecule has 1 fully saturated rings. The van der Waals surface area contributed by atoms with E-state index < -0.39 is 0 Å². The third-order valence-corrected chi connectivity index (χ3v) is 5.34. The average molecular weight is 309 g/mol. The highest BCUT2D eigenvalue weighted by Gasteiger charge is 2.24. The van der Waals surface area contributed by atoms with Crippen molar-refractivity contribution in [1.29, 1.82) is 0 Å². The van der Waals surface area contributed by atoms with Gasteiger partial charge in [0, 0.05) is 50.9 Å². The van der Waals surface area contributed by atoms with E-state index in [-0.39, 0.29) is 0 Å². The Bertz CT molecular complexity index is 468. The van der Waals surface area contributed by atoms with Crippen molar-refractivity contribution in [3.63, 3.8) is 0 Å². The molecule has 1 unspecified atom stereocenters. The van der Waals surface area contributed by atoms with Crippen LogP contribution in [-0.2, 0) is 13.5 Å². The highest BCUT2D eigenvalue weighted by Crippen LogP contribution is 2.24. The van der Waals surface area contributed by atoms with E-state index in [9.17, 15) is 0 Å². The van der Waals surface area contributed by atoms with E-state index in [4.69, 9.17) is 0 Å². The molecule has 0 saturated carbocycles. The van der Waals surface area contributed by atoms with Gasteiger partial charge in [-0.1, -0.05) is 13.8 Å². The lowest BCUT2D eigenvalue weighted by Gasteiger charge is -2.36. The van der Waals surface area contributed by atoms with Gasteiger partial charge in [-0.2, -0.15) is 16.9 Å². The van der Waals surface area contributed by atoms with Gasteiger partial charge in [-0.3, -0.25) is 9.67 Å². The van der Waals surface area contributed by atoms with Crippen LogP contribution in [-0.4, -0.2) is 58.3 Å². The highest BCUT2D eigenvalue weighted by molar-refractivity contribution is 8.00. The SMILES string of the molecule is CN=C(NCCc1cnn(C)c1)N1CCSC(C(C)C)C1. The van der Waals surface area contributed by atoms with Gasteiger partial charge in [-0.15, -0.1) is 0 Å². The van der Waals surface area contributed by atoms with Gasteiger partial charge in [0.05, 0.1) is 6.20 Å². The molecule has 21 heavy (non-hydrogen) atoms. The van der Waals surface area contributed by atoms with E-state index in [1.165, 1.54) is 11.3 Å². The predicted molar refractivity (Wildman–Crippen MR) is 90.9 cm³/mol. The molecule has 0 spiro atoms. The molecule has 1 atom stereocenters. The summed E-state index contributed by atoms with van der Waals surface area (Å²) >= 11 is 2.09. The van der Waals surface area contributed by atoms with Crippen molar-refractivity contribution < 1.29 is 0 Å². The first-order valence-corrected chi connectivity index (χ1v) is 8.69. The van der Waals surface area contributed by atoms with Gasteiger partial charge in [-0.25, -0.2) is 0 Å². The minimum Gasteiger partial charge on any atom is -0.356 e. The molecule has 2 heterocycles. The molecule has 1 N–H and O–H groups in total. The first kappa shape index (κ1) is 16.2. The minimum atomic E-state index is 0.704. The van der Waals surface area contributed by atoms with E-state index in [1.807, 2.05) is 25.0 Å². The largest absolute Gasteiger partial charge is 0.356 e. The number of aromatic nitrogens is 2. The standard InChI is InChI=1S/C15H27N5S/c1-12(2)14-11-20(7-8-21-14)15(16-3)17-6-5-13-9-18-19(4)10-13/h9-10,12,14H,5-8,11H2,1-4H3,(H,16,17). The Morgan fingerprint density at radius 1 is 1.57 bits per heavy atom. The van der Waals surface area contributed by atoms with E-state index in [0.717, 1.165) is 32.0 Å². The zero-order chi connectivity index (χ0) is 15.2. The zero-order valence-electron chi connectivity index (χ0n) is 13.5. The third-order valence-electron chi connectivity index (χ3n) is 3.80. The lowest BCUT2D eigenvalue weighted by molar-refractivity contribution is 0.381. The summed E-state index contributed by atoms with van der Waals surface area (Å²) in [6, 6.07) is 0. The third kappa shape index (κ3) is 4.66. The predicted octanol–water partition coefficient (Wildman–Crippen LogP) is 1.61. The Morgan fingerprint density at radius 3 is 3.00 bits per heavy atom. The monoisotopic (exact) mass is 309 g/mol. The lowest BCUT2D eigenvalue weighted by atomic mass is 10.1. The first-order valence-electron chi connectivity index (χ1n) is 7.65. The molecular formula is C15H27N5S. The Morgan fingerprint density at radius 2 is 2.38 bits per heavy atom. The Kier molecular flexibility index (Phi) is 5.96. The fourth-order valence-electron chi connectivity index (χ4n) is 2.52. The van der Waals surface area contributed by atoms with Crippen LogP contribution >= 0.6 is 11.8 Å². The number of rotatable bonds is 4. The molecule has 5 nitrogen and oxygen atoms in total. The van der Waals surface area contributed by atoms with Crippen LogP contribution in [0.15, 0.2) is 17.4 Å². The second kappa shape index (κ2) is 7.73. The molecule has 1 aliphatic heterocycles. The van der Waals surface area contributed by atoms with Crippen molar-refractivity contribution in [2.75, 3.05) is 32.4 Å². The summed E-state index contributed by atoms with van der Waals surface area (Å²) < 4.78 is 1.85. The first-order chi connectivity index (χ1) is 10.1. The second-order valence-electron chi connectivity index (χ2n) is 5.85. The minimum absolute atomic E-state index is 0.704. The molecule has 0 aromatic carbocycles. The molecule has 2 rings (SSSR count). The van der Waals surface area contributed by atoms with Crippen LogP contribution in [0.2, 0.25) is 0 Å². The molecule has 0 aliphatic carbocycles. The summed E-state index contributed by atoms with van der Waals surface area (Å²) in [6.07, 6.45) is 4.97. The molecular weight excluding hydrogens is 282 g/mol. The Labute approximate surface area is 132 Å². The topological polar surface area (TPSA) is 45.5 Å². The van der Waals surface area contributed by atoms with Gasteiger partial charge < -0.3 is 10.2 Å². The van der Waals surface area contributed by atoms with Crippen molar-refractivity contribution in [3.05, 3.63) is 18.0 Å². The summed E-state index contributed by atoms with van der Waals surface area (Å²) in [5.41, 5.74) is 1.26. The summed E-state index contributed by atoms with van der Waals surface area (Å²) in [4.78, 5) is 6.84. The maximum atomic E-state index is 4.44. The van der Waals surface area contributed by atoms with E-state index in [2.05, 4.69) is 52.1 Å². The van der Waals surface area contributed by atoms with E-state index in [1.54, 1.807) is 0 Å². The van der Waals surface area contributed by atoms with Crippen LogP contribution in [0.5, 0.6) is 0 Å². The van der Waals surface area contributed by atoms with Crippen LogP contribution in [0.3, 0.4) is 0 Å². The molecule has 1 saturated heterocycles. The normalized spacial score (nSPS) is 20.1. The summed E-state index contributed by atoms with van der Waals surface area (Å²) in [7, 11) is 3.83. The number of guanidine groups is 1. The van der Waals surface area contributed by atoms with Crippen molar-refractivity contribution in [1.82, 2.24) is 20.0 Å². The fraction of sp³-hybridized carbons (Fsp3) is 0.733. The van der Waals surface area contributed by atoms with Gasteiger partial charge in [0.2, 0.25) is 0 Å². The van der Waals surface area contributed by atoms with Gasteiger partial charge in [0.25, 0.3) is 0 Å². The quantitative estimate of drug-likeness (QED) is 0.678. The van der Waals surface area contributed by atoms with Crippen molar-refractivity contribution in [3.8, 4) is 0 Å². The molecule has 6 heteroatoms. The number of aliphatic imine (C=N–C) groups is 1. The van der Waals surface area contributed by atoms with Crippen molar-refractivity contribution in [2.24, 2.45) is 18.0 Å². The summed E-state index contributed by atoms with van der Waals surface area (Å²) in [5.74, 6) is 2.93. The molecule has 0 bridgehead atoms. The number of aryl methyl sites for hydroxylation is 1. The van der Waals surface area contributed by atoms with Gasteiger partial charge in [0.15, 0.2) is 5.96 Å². The highest BCUT2D eigenvalue weighted by atomic mass is 32.2. The zero-order valence-corrected chi connectivity index (χ0v) is 14.4. The number of nitrogens with zero attached hydrogens (tertiary/aromatic N) is 4. The van der Waals surface area contributed by atoms with Crippen LogP contribution < -0.4 is 5.32 Å². The van der Waals surface area contributed by atoms with Crippen molar-refractivity contribution in [2.45, 2.75) is 25.5 Å². The Balaban J connectivity index is 1.82. The number of nitrogens with one attached hydrogen (secondary N) is 1. The van der Waals surface area contributed by atoms with E-state index >= 15 is 0 Å². The van der Waals surface area contributed by atoms with Crippen LogP contribution in [0.4, 0.5) is 0 Å². The second-order valence-corrected chi connectivity index (χ2v) is 7.19. The molecule has 118 valence electrons. The van der Waals surface area contributed by atoms with Gasteiger partial charge in [-0.05, 0) is 17.9 Å². The molecule has 1 aromatic rings. The van der Waals surface area contributed by atoms with Gasteiger partial charge >= 0.3 is 0 Å². The van der Waals surface area contributed by atoms with Crippen molar-refractivity contribution >= 4 is 17.7 Å².